The summed E-state index contributed by atoms with van der Waals surface area (Å²) in [5.41, 5.74) is 0. The average molecular weight is 511 g/mol. The van der Waals surface area contributed by atoms with Gasteiger partial charge in [-0.15, -0.1) is 0 Å². The monoisotopic (exact) mass is 512 g/mol. The van der Waals surface area contributed by atoms with E-state index in [0.29, 0.717) is 0 Å². The van der Waals surface area contributed by atoms with Crippen LogP contribution in [0.5, 0.6) is 0 Å². The Labute approximate surface area is 127 Å². The van der Waals surface area contributed by atoms with Crippen LogP contribution in [0.15, 0.2) is 0 Å². The fourth-order valence-electron chi connectivity index (χ4n) is 0. The standard InChI is InChI=1S/Ba.9H2O.Pb.4H/h;9*1H2;;;;;/q+2;;;;;;;;;;;;;2*-1. The van der Waals surface area contributed by atoms with E-state index in [9.17, 15) is 0 Å². The van der Waals surface area contributed by atoms with Gasteiger partial charge in [-0.2, -0.15) is 0 Å². The van der Waals surface area contributed by atoms with Crippen molar-refractivity contribution in [1.29, 1.82) is 0 Å². The molecule has 0 bridgehead atoms. The van der Waals surface area contributed by atoms with Crippen LogP contribution in [0.2, 0.25) is 0 Å². The Morgan fingerprint density at radius 3 is 0.364 bits per heavy atom. The quantitative estimate of drug-likeness (QED) is 0.274. The van der Waals surface area contributed by atoms with Crippen LogP contribution in [-0.2, 0) is 0 Å². The van der Waals surface area contributed by atoms with Crippen LogP contribution in [-0.4, -0.2) is 125 Å². The molecule has 82 valence electrons. The SMILES string of the molecule is O.O.O.O.O.O.O.O.O.[Ba+2].[H-].[H-].[PbH2]. The molecule has 0 saturated heterocycles. The molecule has 0 aliphatic heterocycles. The summed E-state index contributed by atoms with van der Waals surface area (Å²) in [6.07, 6.45) is 0. The third-order valence-corrected chi connectivity index (χ3v) is 0. The van der Waals surface area contributed by atoms with Gasteiger partial charge < -0.3 is 52.1 Å². The summed E-state index contributed by atoms with van der Waals surface area (Å²) in [6, 6.07) is 0. The van der Waals surface area contributed by atoms with E-state index in [1.807, 2.05) is 0 Å². The van der Waals surface area contributed by atoms with Crippen molar-refractivity contribution in [2.24, 2.45) is 0 Å². The van der Waals surface area contributed by atoms with Gasteiger partial charge >= 0.3 is 76.2 Å². The molecule has 0 aromatic rings. The maximum absolute atomic E-state index is 0. The minimum atomic E-state index is 0. The second-order valence-electron chi connectivity index (χ2n) is 0. The van der Waals surface area contributed by atoms with E-state index < -0.39 is 0 Å². The minimum absolute atomic E-state index is 0. The number of hydrogen-bond donors (Lipinski definition) is 0. The van der Waals surface area contributed by atoms with Crippen LogP contribution in [0.3, 0.4) is 0 Å². The molecule has 0 aliphatic rings. The predicted octanol–water partition coefficient (Wildman–Crippen LogP) is -8.49. The van der Waals surface area contributed by atoms with Crippen molar-refractivity contribution in [3.8, 4) is 0 Å². The zero-order valence-corrected chi connectivity index (χ0v) is 15.9. The first kappa shape index (κ1) is 425. The topological polar surface area (TPSA) is 284 Å². The van der Waals surface area contributed by atoms with Gasteiger partial charge in [0.15, 0.2) is 0 Å². The van der Waals surface area contributed by atoms with Crippen molar-refractivity contribution in [2.45, 2.75) is 0 Å². The van der Waals surface area contributed by atoms with E-state index >= 15 is 0 Å². The predicted molar refractivity (Wildman–Crippen MR) is 49.0 cm³/mol. The summed E-state index contributed by atoms with van der Waals surface area (Å²) in [4.78, 5) is 0. The molecular formula is H22BaO9Pb. The van der Waals surface area contributed by atoms with E-state index in [2.05, 4.69) is 0 Å². The molecule has 11 heteroatoms. The molecule has 0 spiro atoms. The van der Waals surface area contributed by atoms with Gasteiger partial charge in [0.2, 0.25) is 0 Å². The van der Waals surface area contributed by atoms with Crippen LogP contribution >= 0.6 is 0 Å². The van der Waals surface area contributed by atoms with Crippen LogP contribution in [0, 0.1) is 0 Å². The molecule has 0 unspecified atom stereocenters. The first-order valence-corrected chi connectivity index (χ1v) is 0. The van der Waals surface area contributed by atoms with Crippen LogP contribution in [0.1, 0.15) is 2.85 Å². The molecule has 0 aliphatic carbocycles. The number of hydrogen-bond acceptors (Lipinski definition) is 0. The summed E-state index contributed by atoms with van der Waals surface area (Å²) >= 11 is 0. The van der Waals surface area contributed by atoms with Gasteiger partial charge in [-0.3, -0.25) is 0 Å². The number of rotatable bonds is 0. The van der Waals surface area contributed by atoms with E-state index in [4.69, 9.17) is 0 Å². The van der Waals surface area contributed by atoms with Crippen LogP contribution < -0.4 is 0 Å². The van der Waals surface area contributed by atoms with Crippen molar-refractivity contribution in [3.05, 3.63) is 0 Å². The molecule has 0 saturated carbocycles. The summed E-state index contributed by atoms with van der Waals surface area (Å²) in [5, 5.41) is 0. The van der Waals surface area contributed by atoms with E-state index in [-0.39, 0.29) is 128 Å². The Bertz CT molecular complexity index is 17.6. The maximum atomic E-state index is 0. The summed E-state index contributed by atoms with van der Waals surface area (Å²) in [7, 11) is 0. The molecule has 0 fully saturated rings. The van der Waals surface area contributed by atoms with Gasteiger partial charge in [0.05, 0.1) is 0 Å². The molecule has 0 amide bonds. The van der Waals surface area contributed by atoms with E-state index in [1.165, 1.54) is 0 Å². The van der Waals surface area contributed by atoms with Gasteiger partial charge in [0.1, 0.15) is 0 Å². The second kappa shape index (κ2) is 330. The van der Waals surface area contributed by atoms with Gasteiger partial charge in [-0.1, -0.05) is 0 Å². The molecule has 0 aromatic heterocycles. The Balaban J connectivity index is 0. The molecule has 0 rings (SSSR count). The molecule has 2 radical (unpaired) electrons. The molecule has 18 N–H and O–H groups in total. The second-order valence-corrected chi connectivity index (χ2v) is 0. The van der Waals surface area contributed by atoms with Crippen LogP contribution in [0.25, 0.3) is 0 Å². The average Bonchev–Trinajstić information content (AvgIpc) is 0. The molecule has 11 heavy (non-hydrogen) atoms. The third-order valence-electron chi connectivity index (χ3n) is 0. The van der Waals surface area contributed by atoms with Gasteiger partial charge in [0.25, 0.3) is 0 Å². The Morgan fingerprint density at radius 2 is 0.364 bits per heavy atom. The van der Waals surface area contributed by atoms with Crippen molar-refractivity contribution in [1.82, 2.24) is 0 Å². The van der Waals surface area contributed by atoms with Crippen molar-refractivity contribution in [2.75, 3.05) is 0 Å². The Morgan fingerprint density at radius 1 is 0.364 bits per heavy atom. The van der Waals surface area contributed by atoms with Crippen LogP contribution in [0.4, 0.5) is 0 Å². The van der Waals surface area contributed by atoms with E-state index in [0.717, 1.165) is 0 Å². The Hall–Kier alpha value is 2.13. The summed E-state index contributed by atoms with van der Waals surface area (Å²) in [6.45, 7) is 0. The zero-order valence-electron chi connectivity index (χ0n) is 7.91. The van der Waals surface area contributed by atoms with Crippen molar-refractivity contribution in [3.63, 3.8) is 0 Å². The fourth-order valence-corrected chi connectivity index (χ4v) is 0. The summed E-state index contributed by atoms with van der Waals surface area (Å²) in [5.74, 6) is 0. The third kappa shape index (κ3) is 274. The molecule has 0 atom stereocenters. The first-order chi connectivity index (χ1) is 0. The first-order valence-electron chi connectivity index (χ1n) is 0. The molecule has 9 nitrogen and oxygen atoms in total. The molecule has 0 aromatic carbocycles. The van der Waals surface area contributed by atoms with Gasteiger partial charge in [-0.25, -0.2) is 0 Å². The van der Waals surface area contributed by atoms with Gasteiger partial charge in [0, 0.05) is 0 Å². The van der Waals surface area contributed by atoms with Gasteiger partial charge in [-0.05, 0) is 0 Å². The molecule has 0 heterocycles. The van der Waals surface area contributed by atoms with E-state index in [1.54, 1.807) is 0 Å². The zero-order chi connectivity index (χ0) is 0. The van der Waals surface area contributed by atoms with Crippen molar-refractivity contribution >= 4 is 76.2 Å². The molecular weight excluding hydrogens is 489 g/mol. The Kier molecular flexibility index (Phi) is 12800. The normalized spacial score (nSPS) is 0. The fraction of sp³-hybridized carbons (Fsp3) is 0. The van der Waals surface area contributed by atoms with Crippen molar-refractivity contribution < 1.29 is 52.1 Å². The summed E-state index contributed by atoms with van der Waals surface area (Å²) < 4.78 is 0.